The Kier molecular flexibility index (Phi) is 5.60. The molecule has 0 spiro atoms. The van der Waals surface area contributed by atoms with Crippen LogP contribution in [0.4, 0.5) is 5.13 Å². The minimum Gasteiger partial charge on any atom is -0.497 e. The molecule has 0 saturated heterocycles. The average Bonchev–Trinajstić information content (AvgIpc) is 3.15. The highest BCUT2D eigenvalue weighted by molar-refractivity contribution is 7.14. The van der Waals surface area contributed by atoms with E-state index in [9.17, 15) is 9.59 Å². The topological polar surface area (TPSA) is 80.3 Å². The molecule has 2 N–H and O–H groups in total. The van der Waals surface area contributed by atoms with E-state index in [2.05, 4.69) is 15.6 Å². The van der Waals surface area contributed by atoms with E-state index in [1.807, 2.05) is 30.3 Å². The SMILES string of the molecule is COc1ccc(C(=O)Nc2nc(C(=O)NCc3ccccc3)cs2)cc1. The van der Waals surface area contributed by atoms with Gasteiger partial charge in [0.25, 0.3) is 11.8 Å². The van der Waals surface area contributed by atoms with Crippen LogP contribution in [0, 0.1) is 0 Å². The number of benzene rings is 2. The molecule has 2 amide bonds. The molecule has 7 heteroatoms. The van der Waals surface area contributed by atoms with Gasteiger partial charge in [-0.15, -0.1) is 11.3 Å². The first-order valence-electron chi connectivity index (χ1n) is 7.89. The molecule has 0 aliphatic rings. The number of methoxy groups -OCH3 is 1. The summed E-state index contributed by atoms with van der Waals surface area (Å²) in [5.74, 6) is 0.0986. The first-order valence-corrected chi connectivity index (χ1v) is 8.77. The molecular formula is C19H17N3O3S. The van der Waals surface area contributed by atoms with Crippen LogP contribution in [-0.2, 0) is 6.54 Å². The number of aromatic nitrogens is 1. The Morgan fingerprint density at radius 2 is 1.77 bits per heavy atom. The Morgan fingerprint density at radius 1 is 1.04 bits per heavy atom. The van der Waals surface area contributed by atoms with Crippen LogP contribution in [-0.4, -0.2) is 23.9 Å². The summed E-state index contributed by atoms with van der Waals surface area (Å²) >= 11 is 1.20. The number of thiazole rings is 1. The largest absolute Gasteiger partial charge is 0.497 e. The predicted octanol–water partition coefficient (Wildman–Crippen LogP) is 3.33. The van der Waals surface area contributed by atoms with E-state index in [-0.39, 0.29) is 17.5 Å². The molecule has 2 aromatic carbocycles. The van der Waals surface area contributed by atoms with Crippen LogP contribution in [0.25, 0.3) is 0 Å². The zero-order valence-corrected chi connectivity index (χ0v) is 14.9. The van der Waals surface area contributed by atoms with Crippen molar-refractivity contribution in [3.8, 4) is 5.75 Å². The first-order chi connectivity index (χ1) is 12.7. The molecule has 0 unspecified atom stereocenters. The van der Waals surface area contributed by atoms with Gasteiger partial charge in [-0.3, -0.25) is 14.9 Å². The second kappa shape index (κ2) is 8.26. The first kappa shape index (κ1) is 17.6. The summed E-state index contributed by atoms with van der Waals surface area (Å²) in [6.45, 7) is 0.421. The van der Waals surface area contributed by atoms with Gasteiger partial charge in [0, 0.05) is 17.5 Å². The van der Waals surface area contributed by atoms with Gasteiger partial charge in [0.1, 0.15) is 11.4 Å². The van der Waals surface area contributed by atoms with Gasteiger partial charge in [-0.05, 0) is 29.8 Å². The second-order valence-electron chi connectivity index (χ2n) is 5.39. The fourth-order valence-electron chi connectivity index (χ4n) is 2.22. The lowest BCUT2D eigenvalue weighted by molar-refractivity contribution is 0.0945. The molecule has 0 bridgehead atoms. The predicted molar refractivity (Wildman–Crippen MR) is 101 cm³/mol. The van der Waals surface area contributed by atoms with E-state index in [0.29, 0.717) is 23.0 Å². The molecule has 0 fully saturated rings. The molecule has 1 aromatic heterocycles. The maximum Gasteiger partial charge on any atom is 0.271 e. The van der Waals surface area contributed by atoms with Crippen molar-refractivity contribution in [2.75, 3.05) is 12.4 Å². The lowest BCUT2D eigenvalue weighted by Gasteiger charge is -2.04. The number of rotatable bonds is 6. The number of carbonyl (C=O) groups is 2. The molecule has 0 atom stereocenters. The van der Waals surface area contributed by atoms with Crippen LogP contribution >= 0.6 is 11.3 Å². The number of carbonyl (C=O) groups excluding carboxylic acids is 2. The highest BCUT2D eigenvalue weighted by Crippen LogP contribution is 2.18. The van der Waals surface area contributed by atoms with Crippen LogP contribution in [0.3, 0.4) is 0 Å². The van der Waals surface area contributed by atoms with Crippen molar-refractivity contribution in [2.45, 2.75) is 6.54 Å². The third-order valence-corrected chi connectivity index (χ3v) is 4.36. The molecule has 3 aromatic rings. The molecule has 0 saturated carbocycles. The quantitative estimate of drug-likeness (QED) is 0.700. The van der Waals surface area contributed by atoms with Gasteiger partial charge in [0.05, 0.1) is 7.11 Å². The van der Waals surface area contributed by atoms with Crippen molar-refractivity contribution in [3.05, 3.63) is 76.8 Å². The molecule has 132 valence electrons. The van der Waals surface area contributed by atoms with E-state index in [1.54, 1.807) is 36.8 Å². The number of hydrogen-bond acceptors (Lipinski definition) is 5. The molecule has 6 nitrogen and oxygen atoms in total. The van der Waals surface area contributed by atoms with Crippen LogP contribution in [0.1, 0.15) is 26.4 Å². The van der Waals surface area contributed by atoms with Gasteiger partial charge in [-0.25, -0.2) is 4.98 Å². The molecule has 0 radical (unpaired) electrons. The molecule has 3 rings (SSSR count). The monoisotopic (exact) mass is 367 g/mol. The molecule has 0 aliphatic heterocycles. The Bertz CT molecular complexity index is 892. The summed E-state index contributed by atoms with van der Waals surface area (Å²) in [4.78, 5) is 28.6. The average molecular weight is 367 g/mol. The Hall–Kier alpha value is -3.19. The fraction of sp³-hybridized carbons (Fsp3) is 0.105. The van der Waals surface area contributed by atoms with E-state index >= 15 is 0 Å². The van der Waals surface area contributed by atoms with Crippen LogP contribution in [0.5, 0.6) is 5.75 Å². The highest BCUT2D eigenvalue weighted by atomic mass is 32.1. The minimum atomic E-state index is -0.293. The summed E-state index contributed by atoms with van der Waals surface area (Å²) in [7, 11) is 1.56. The van der Waals surface area contributed by atoms with Crippen LogP contribution < -0.4 is 15.4 Å². The summed E-state index contributed by atoms with van der Waals surface area (Å²) in [5, 5.41) is 7.48. The van der Waals surface area contributed by atoms with Gasteiger partial charge in [-0.2, -0.15) is 0 Å². The zero-order valence-electron chi connectivity index (χ0n) is 14.1. The van der Waals surface area contributed by atoms with Gasteiger partial charge >= 0.3 is 0 Å². The standard InChI is InChI=1S/C19H17N3O3S/c1-25-15-9-7-14(8-10-15)17(23)22-19-21-16(12-26-19)18(24)20-11-13-5-3-2-4-6-13/h2-10,12H,11H2,1H3,(H,20,24)(H,21,22,23). The summed E-state index contributed by atoms with van der Waals surface area (Å²) in [5.41, 5.74) is 1.76. The summed E-state index contributed by atoms with van der Waals surface area (Å²) in [6, 6.07) is 16.4. The molecule has 1 heterocycles. The second-order valence-corrected chi connectivity index (χ2v) is 6.25. The third kappa shape index (κ3) is 4.46. The van der Waals surface area contributed by atoms with Crippen LogP contribution in [0.2, 0.25) is 0 Å². The number of ether oxygens (including phenoxy) is 1. The van der Waals surface area contributed by atoms with Gasteiger partial charge in [0.15, 0.2) is 5.13 Å². The van der Waals surface area contributed by atoms with E-state index in [1.165, 1.54) is 11.3 Å². The minimum absolute atomic E-state index is 0.274. The van der Waals surface area contributed by atoms with Gasteiger partial charge in [-0.1, -0.05) is 30.3 Å². The summed E-state index contributed by atoms with van der Waals surface area (Å²) < 4.78 is 5.07. The number of nitrogens with zero attached hydrogens (tertiary/aromatic N) is 1. The lowest BCUT2D eigenvalue weighted by Crippen LogP contribution is -2.23. The Balaban J connectivity index is 1.58. The zero-order chi connectivity index (χ0) is 18.4. The van der Waals surface area contributed by atoms with E-state index in [4.69, 9.17) is 4.74 Å². The third-order valence-electron chi connectivity index (χ3n) is 3.61. The van der Waals surface area contributed by atoms with Crippen molar-refractivity contribution >= 4 is 28.3 Å². The van der Waals surface area contributed by atoms with Crippen molar-refractivity contribution < 1.29 is 14.3 Å². The number of hydrogen-bond donors (Lipinski definition) is 2. The Morgan fingerprint density at radius 3 is 2.46 bits per heavy atom. The number of amides is 2. The van der Waals surface area contributed by atoms with Crippen LogP contribution in [0.15, 0.2) is 60.0 Å². The lowest BCUT2D eigenvalue weighted by atomic mass is 10.2. The Labute approximate surface area is 154 Å². The maximum atomic E-state index is 12.2. The van der Waals surface area contributed by atoms with E-state index < -0.39 is 0 Å². The van der Waals surface area contributed by atoms with Gasteiger partial charge < -0.3 is 10.1 Å². The fourth-order valence-corrected chi connectivity index (χ4v) is 2.90. The maximum absolute atomic E-state index is 12.2. The number of anilines is 1. The van der Waals surface area contributed by atoms with Crippen molar-refractivity contribution in [1.29, 1.82) is 0 Å². The molecular weight excluding hydrogens is 350 g/mol. The smallest absolute Gasteiger partial charge is 0.271 e. The van der Waals surface area contributed by atoms with Crippen molar-refractivity contribution in [3.63, 3.8) is 0 Å². The van der Waals surface area contributed by atoms with E-state index in [0.717, 1.165) is 5.56 Å². The normalized spacial score (nSPS) is 10.2. The molecule has 0 aliphatic carbocycles. The van der Waals surface area contributed by atoms with Crippen molar-refractivity contribution in [1.82, 2.24) is 10.3 Å². The van der Waals surface area contributed by atoms with Crippen molar-refractivity contribution in [2.24, 2.45) is 0 Å². The highest BCUT2D eigenvalue weighted by Gasteiger charge is 2.13. The number of nitrogens with one attached hydrogen (secondary N) is 2. The summed E-state index contributed by atoms with van der Waals surface area (Å²) in [6.07, 6.45) is 0. The molecule has 26 heavy (non-hydrogen) atoms. The van der Waals surface area contributed by atoms with Gasteiger partial charge in [0.2, 0.25) is 0 Å².